The summed E-state index contributed by atoms with van der Waals surface area (Å²) in [4.78, 5) is 51.4. The van der Waals surface area contributed by atoms with Gasteiger partial charge in [-0.3, -0.25) is 19.3 Å². The molecule has 3 rings (SSSR count). The van der Waals surface area contributed by atoms with Crippen LogP contribution in [-0.2, 0) is 19.1 Å². The number of ether oxygens (including phenoxy) is 1. The number of halogens is 1. The molecule has 0 saturated carbocycles. The zero-order valence-corrected chi connectivity index (χ0v) is 16.1. The van der Waals surface area contributed by atoms with Gasteiger partial charge in [0.1, 0.15) is 5.57 Å². The smallest absolute Gasteiger partial charge is 0.356 e. The lowest BCUT2D eigenvalue weighted by atomic mass is 10.00. The van der Waals surface area contributed by atoms with Crippen LogP contribution >= 0.6 is 15.9 Å². The molecule has 1 amide bonds. The second-order valence-electron chi connectivity index (χ2n) is 5.86. The highest BCUT2D eigenvalue weighted by molar-refractivity contribution is 9.10. The molecule has 0 aromatic heterocycles. The number of ketones is 2. The molecule has 1 aliphatic rings. The average molecular weight is 428 g/mol. The number of Topliss-reactive ketones (excluding diaryl/α,β-unsaturated/α-hetero) is 2. The average Bonchev–Trinajstić information content (AvgIpc) is 2.93. The highest BCUT2D eigenvalue weighted by Crippen LogP contribution is 2.31. The van der Waals surface area contributed by atoms with Crippen molar-refractivity contribution >= 4 is 45.1 Å². The number of carbonyl (C=O) groups is 4. The van der Waals surface area contributed by atoms with Crippen molar-refractivity contribution in [3.05, 3.63) is 75.4 Å². The third kappa shape index (κ3) is 3.33. The maximum absolute atomic E-state index is 12.9. The summed E-state index contributed by atoms with van der Waals surface area (Å²) < 4.78 is 5.49. The van der Waals surface area contributed by atoms with E-state index in [1.165, 1.54) is 12.1 Å². The van der Waals surface area contributed by atoms with Gasteiger partial charge < -0.3 is 4.74 Å². The van der Waals surface area contributed by atoms with Crippen LogP contribution in [0.2, 0.25) is 0 Å². The SMILES string of the molecule is COC(=O)C1=C(C(=O)c2ccc(Br)cc2)C(=O)C(=O)N1c1ccc(C)cc1. The highest BCUT2D eigenvalue weighted by Gasteiger charge is 2.46. The van der Waals surface area contributed by atoms with Crippen molar-refractivity contribution in [3.8, 4) is 0 Å². The third-order valence-electron chi connectivity index (χ3n) is 4.09. The van der Waals surface area contributed by atoms with Crippen molar-refractivity contribution in [3.63, 3.8) is 0 Å². The first kappa shape index (κ1) is 18.7. The van der Waals surface area contributed by atoms with E-state index in [1.807, 2.05) is 6.92 Å². The van der Waals surface area contributed by atoms with Crippen molar-refractivity contribution in [2.75, 3.05) is 12.0 Å². The minimum absolute atomic E-state index is 0.182. The molecular formula is C20H14BrNO5. The minimum Gasteiger partial charge on any atom is -0.464 e. The summed E-state index contributed by atoms with van der Waals surface area (Å²) in [5.74, 6) is -3.66. The van der Waals surface area contributed by atoms with Gasteiger partial charge >= 0.3 is 11.9 Å². The number of hydrogen-bond acceptors (Lipinski definition) is 5. The first-order valence-corrected chi connectivity index (χ1v) is 8.72. The van der Waals surface area contributed by atoms with E-state index in [1.54, 1.807) is 36.4 Å². The highest BCUT2D eigenvalue weighted by atomic mass is 79.9. The number of rotatable bonds is 4. The Kier molecular flexibility index (Phi) is 5.05. The summed E-state index contributed by atoms with van der Waals surface area (Å²) in [6, 6.07) is 12.9. The van der Waals surface area contributed by atoms with E-state index < -0.39 is 29.0 Å². The molecule has 0 aliphatic carbocycles. The largest absolute Gasteiger partial charge is 0.464 e. The van der Waals surface area contributed by atoms with Crippen LogP contribution in [-0.4, -0.2) is 30.6 Å². The normalized spacial score (nSPS) is 14.0. The van der Waals surface area contributed by atoms with Crippen molar-refractivity contribution in [1.29, 1.82) is 0 Å². The van der Waals surface area contributed by atoms with E-state index >= 15 is 0 Å². The Hall–Kier alpha value is -3.06. The first-order chi connectivity index (χ1) is 12.8. The number of methoxy groups -OCH3 is 1. The fourth-order valence-electron chi connectivity index (χ4n) is 2.72. The number of aryl methyl sites for hydroxylation is 1. The van der Waals surface area contributed by atoms with E-state index in [4.69, 9.17) is 4.74 Å². The van der Waals surface area contributed by atoms with Crippen LogP contribution in [0.4, 0.5) is 5.69 Å². The number of esters is 1. The van der Waals surface area contributed by atoms with Gasteiger partial charge in [0.2, 0.25) is 0 Å². The predicted molar refractivity (Wildman–Crippen MR) is 101 cm³/mol. The number of hydrogen-bond donors (Lipinski definition) is 0. The van der Waals surface area contributed by atoms with Crippen molar-refractivity contribution in [2.45, 2.75) is 6.92 Å². The fourth-order valence-corrected chi connectivity index (χ4v) is 2.98. The summed E-state index contributed by atoms with van der Waals surface area (Å²) in [5, 5.41) is 0. The summed E-state index contributed by atoms with van der Waals surface area (Å²) in [7, 11) is 1.12. The molecule has 1 heterocycles. The second kappa shape index (κ2) is 7.28. The molecule has 0 N–H and O–H groups in total. The zero-order valence-electron chi connectivity index (χ0n) is 14.5. The molecule has 0 spiro atoms. The lowest BCUT2D eigenvalue weighted by Gasteiger charge is -2.18. The Balaban J connectivity index is 2.18. The molecule has 2 aromatic rings. The lowest BCUT2D eigenvalue weighted by Crippen LogP contribution is -2.31. The molecule has 0 bridgehead atoms. The summed E-state index contributed by atoms with van der Waals surface area (Å²) in [5.41, 5.74) is 0.560. The molecule has 0 unspecified atom stereocenters. The van der Waals surface area contributed by atoms with Crippen LogP contribution in [0.25, 0.3) is 0 Å². The van der Waals surface area contributed by atoms with Crippen molar-refractivity contribution in [2.24, 2.45) is 0 Å². The Morgan fingerprint density at radius 1 is 0.963 bits per heavy atom. The van der Waals surface area contributed by atoms with Gasteiger partial charge in [0.25, 0.3) is 5.78 Å². The van der Waals surface area contributed by atoms with Gasteiger partial charge in [0.15, 0.2) is 11.5 Å². The van der Waals surface area contributed by atoms with Gasteiger partial charge in [-0.05, 0) is 43.3 Å². The number of amides is 1. The molecule has 0 radical (unpaired) electrons. The van der Waals surface area contributed by atoms with E-state index in [-0.39, 0.29) is 11.3 Å². The summed E-state index contributed by atoms with van der Waals surface area (Å²) in [6.07, 6.45) is 0. The molecule has 27 heavy (non-hydrogen) atoms. The monoisotopic (exact) mass is 427 g/mol. The third-order valence-corrected chi connectivity index (χ3v) is 4.62. The van der Waals surface area contributed by atoms with E-state index in [0.29, 0.717) is 5.69 Å². The Labute approximate surface area is 163 Å². The minimum atomic E-state index is -1.04. The lowest BCUT2D eigenvalue weighted by molar-refractivity contribution is -0.136. The molecule has 0 atom stereocenters. The van der Waals surface area contributed by atoms with Crippen molar-refractivity contribution < 1.29 is 23.9 Å². The van der Waals surface area contributed by atoms with Crippen LogP contribution in [0.5, 0.6) is 0 Å². The molecule has 136 valence electrons. The van der Waals surface area contributed by atoms with E-state index in [9.17, 15) is 19.2 Å². The second-order valence-corrected chi connectivity index (χ2v) is 6.77. The Bertz CT molecular complexity index is 990. The molecule has 7 heteroatoms. The first-order valence-electron chi connectivity index (χ1n) is 7.93. The van der Waals surface area contributed by atoms with Gasteiger partial charge in [-0.15, -0.1) is 0 Å². The Morgan fingerprint density at radius 2 is 1.56 bits per heavy atom. The summed E-state index contributed by atoms with van der Waals surface area (Å²) >= 11 is 3.27. The number of carbonyl (C=O) groups excluding carboxylic acids is 4. The number of benzene rings is 2. The van der Waals surface area contributed by atoms with Crippen LogP contribution in [0.3, 0.4) is 0 Å². The van der Waals surface area contributed by atoms with Crippen molar-refractivity contribution in [1.82, 2.24) is 0 Å². The van der Waals surface area contributed by atoms with Crippen LogP contribution < -0.4 is 4.90 Å². The molecular weight excluding hydrogens is 414 g/mol. The maximum atomic E-state index is 12.9. The van der Waals surface area contributed by atoms with Gasteiger partial charge in [-0.2, -0.15) is 0 Å². The predicted octanol–water partition coefficient (Wildman–Crippen LogP) is 2.98. The Morgan fingerprint density at radius 3 is 2.11 bits per heavy atom. The number of anilines is 1. The molecule has 2 aromatic carbocycles. The topological polar surface area (TPSA) is 80.8 Å². The van der Waals surface area contributed by atoms with Gasteiger partial charge in [0, 0.05) is 15.7 Å². The standard InChI is InChI=1S/C20H14BrNO5/c1-11-3-9-14(10-4-11)22-16(20(26)27-2)15(18(24)19(22)25)17(23)12-5-7-13(21)8-6-12/h3-10H,1-2H3. The summed E-state index contributed by atoms with van der Waals surface area (Å²) in [6.45, 7) is 1.86. The van der Waals surface area contributed by atoms with Gasteiger partial charge in [-0.25, -0.2) is 4.79 Å². The van der Waals surface area contributed by atoms with Gasteiger partial charge in [-0.1, -0.05) is 33.6 Å². The van der Waals surface area contributed by atoms with E-state index in [2.05, 4.69) is 15.9 Å². The maximum Gasteiger partial charge on any atom is 0.356 e. The molecule has 0 fully saturated rings. The van der Waals surface area contributed by atoms with Gasteiger partial charge in [0.05, 0.1) is 7.11 Å². The van der Waals surface area contributed by atoms with E-state index in [0.717, 1.165) is 22.0 Å². The molecule has 1 aliphatic heterocycles. The molecule has 0 saturated heterocycles. The van der Waals surface area contributed by atoms with Crippen LogP contribution in [0.15, 0.2) is 64.3 Å². The molecule has 6 nitrogen and oxygen atoms in total. The number of nitrogens with zero attached hydrogens (tertiary/aromatic N) is 1. The van der Waals surface area contributed by atoms with Crippen LogP contribution in [0, 0.1) is 6.92 Å². The van der Waals surface area contributed by atoms with Crippen LogP contribution in [0.1, 0.15) is 15.9 Å². The fraction of sp³-hybridized carbons (Fsp3) is 0.100. The quantitative estimate of drug-likeness (QED) is 0.324. The zero-order chi connectivity index (χ0) is 19.7.